The molecule has 1 aromatic heterocycles. The average Bonchev–Trinajstić information content (AvgIpc) is 2.49. The number of hydrogen-bond acceptors (Lipinski definition) is 2. The molecule has 0 saturated carbocycles. The van der Waals surface area contributed by atoms with E-state index in [1.807, 2.05) is 6.07 Å². The molecule has 2 aromatic rings. The molecular formula is C17H21ClN2. The maximum Gasteiger partial charge on any atom is 0.0726 e. The van der Waals surface area contributed by atoms with Gasteiger partial charge in [0, 0.05) is 24.2 Å². The van der Waals surface area contributed by atoms with Gasteiger partial charge in [0.15, 0.2) is 0 Å². The van der Waals surface area contributed by atoms with Crippen LogP contribution in [0.4, 0.5) is 5.69 Å². The lowest BCUT2D eigenvalue weighted by molar-refractivity contribution is 0.324. The highest BCUT2D eigenvalue weighted by molar-refractivity contribution is 6.17. The quantitative estimate of drug-likeness (QED) is 0.759. The molecule has 0 aliphatic carbocycles. The third-order valence-electron chi connectivity index (χ3n) is 4.56. The Morgan fingerprint density at radius 2 is 2.05 bits per heavy atom. The van der Waals surface area contributed by atoms with Gasteiger partial charge in [-0.05, 0) is 30.4 Å². The number of halogens is 1. The Kier molecular flexibility index (Phi) is 3.84. The minimum absolute atomic E-state index is 0.470. The van der Waals surface area contributed by atoms with Gasteiger partial charge in [-0.2, -0.15) is 0 Å². The molecule has 0 spiro atoms. The first-order chi connectivity index (χ1) is 9.69. The zero-order valence-electron chi connectivity index (χ0n) is 12.1. The summed E-state index contributed by atoms with van der Waals surface area (Å²) in [5.74, 6) is 2.01. The maximum atomic E-state index is 6.01. The van der Waals surface area contributed by atoms with E-state index in [1.165, 1.54) is 17.5 Å². The van der Waals surface area contributed by atoms with Crippen molar-refractivity contribution in [2.45, 2.75) is 26.1 Å². The molecule has 1 saturated heterocycles. The number of pyridine rings is 1. The molecule has 2 heterocycles. The minimum atomic E-state index is 0.470. The predicted molar refractivity (Wildman–Crippen MR) is 86.5 cm³/mol. The van der Waals surface area contributed by atoms with Crippen molar-refractivity contribution in [2.75, 3.05) is 18.0 Å². The second-order valence-corrected chi connectivity index (χ2v) is 6.24. The number of nitrogens with zero attached hydrogens (tertiary/aromatic N) is 2. The first-order valence-corrected chi connectivity index (χ1v) is 7.92. The van der Waals surface area contributed by atoms with Crippen LogP contribution in [0, 0.1) is 11.8 Å². The van der Waals surface area contributed by atoms with Crippen molar-refractivity contribution in [1.82, 2.24) is 4.98 Å². The van der Waals surface area contributed by atoms with E-state index >= 15 is 0 Å². The molecule has 20 heavy (non-hydrogen) atoms. The molecule has 1 aliphatic rings. The fourth-order valence-corrected chi connectivity index (χ4v) is 3.16. The van der Waals surface area contributed by atoms with Gasteiger partial charge in [0.2, 0.25) is 0 Å². The zero-order valence-corrected chi connectivity index (χ0v) is 12.9. The van der Waals surface area contributed by atoms with E-state index in [-0.39, 0.29) is 0 Å². The van der Waals surface area contributed by atoms with Gasteiger partial charge in [-0.1, -0.05) is 32.0 Å². The highest BCUT2D eigenvalue weighted by Crippen LogP contribution is 2.32. The lowest BCUT2D eigenvalue weighted by Crippen LogP contribution is -2.38. The van der Waals surface area contributed by atoms with Crippen molar-refractivity contribution >= 4 is 28.2 Å². The van der Waals surface area contributed by atoms with Gasteiger partial charge in [0.25, 0.3) is 0 Å². The van der Waals surface area contributed by atoms with Gasteiger partial charge in [-0.25, -0.2) is 0 Å². The van der Waals surface area contributed by atoms with Crippen molar-refractivity contribution in [3.05, 3.63) is 36.0 Å². The molecule has 0 N–H and O–H groups in total. The summed E-state index contributed by atoms with van der Waals surface area (Å²) in [7, 11) is 0. The fraction of sp³-hybridized carbons (Fsp3) is 0.471. The monoisotopic (exact) mass is 288 g/mol. The lowest BCUT2D eigenvalue weighted by atomic mass is 9.88. The van der Waals surface area contributed by atoms with Gasteiger partial charge >= 0.3 is 0 Å². The van der Waals surface area contributed by atoms with E-state index in [0.717, 1.165) is 36.1 Å². The number of benzene rings is 1. The number of aromatic nitrogens is 1. The molecule has 106 valence electrons. The third-order valence-corrected chi connectivity index (χ3v) is 4.83. The standard InChI is InChI=1S/C17H21ClN2/c1-12-7-8-20(11-13(12)2)17-9-14(10-18)19-16-6-4-3-5-15(16)17/h3-6,9,12-13H,7-8,10-11H2,1-2H3. The van der Waals surface area contributed by atoms with Gasteiger partial charge in [0.1, 0.15) is 0 Å². The smallest absolute Gasteiger partial charge is 0.0726 e. The normalized spacial score (nSPS) is 23.2. The summed E-state index contributed by atoms with van der Waals surface area (Å²) in [5, 5.41) is 1.24. The van der Waals surface area contributed by atoms with Crippen LogP contribution in [-0.2, 0) is 5.88 Å². The Balaban J connectivity index is 2.05. The zero-order chi connectivity index (χ0) is 14.1. The second-order valence-electron chi connectivity index (χ2n) is 5.97. The van der Waals surface area contributed by atoms with Crippen LogP contribution in [0.2, 0.25) is 0 Å². The Hall–Kier alpha value is -1.28. The van der Waals surface area contributed by atoms with Crippen molar-refractivity contribution in [3.63, 3.8) is 0 Å². The van der Waals surface area contributed by atoms with Gasteiger partial charge in [-0.3, -0.25) is 4.98 Å². The second kappa shape index (κ2) is 5.61. The van der Waals surface area contributed by atoms with Crippen molar-refractivity contribution in [2.24, 2.45) is 11.8 Å². The van der Waals surface area contributed by atoms with Crippen LogP contribution < -0.4 is 4.90 Å². The van der Waals surface area contributed by atoms with Crippen molar-refractivity contribution < 1.29 is 0 Å². The van der Waals surface area contributed by atoms with Crippen LogP contribution in [0.5, 0.6) is 0 Å². The van der Waals surface area contributed by atoms with Gasteiger partial charge < -0.3 is 4.90 Å². The Morgan fingerprint density at radius 3 is 2.80 bits per heavy atom. The highest BCUT2D eigenvalue weighted by Gasteiger charge is 2.24. The lowest BCUT2D eigenvalue weighted by Gasteiger charge is -2.37. The number of hydrogen-bond donors (Lipinski definition) is 0. The summed E-state index contributed by atoms with van der Waals surface area (Å²) in [6.07, 6.45) is 1.26. The first-order valence-electron chi connectivity index (χ1n) is 7.38. The number of alkyl halides is 1. The summed E-state index contributed by atoms with van der Waals surface area (Å²) >= 11 is 6.01. The van der Waals surface area contributed by atoms with Crippen LogP contribution in [0.25, 0.3) is 10.9 Å². The van der Waals surface area contributed by atoms with Crippen LogP contribution in [0.15, 0.2) is 30.3 Å². The molecule has 3 rings (SSSR count). The van der Waals surface area contributed by atoms with Crippen LogP contribution in [0.3, 0.4) is 0 Å². The van der Waals surface area contributed by atoms with E-state index in [2.05, 4.69) is 48.0 Å². The van der Waals surface area contributed by atoms with Crippen LogP contribution >= 0.6 is 11.6 Å². The van der Waals surface area contributed by atoms with Crippen molar-refractivity contribution in [1.29, 1.82) is 0 Å². The average molecular weight is 289 g/mol. The largest absolute Gasteiger partial charge is 0.371 e. The Bertz CT molecular complexity index is 611. The molecule has 0 amide bonds. The third kappa shape index (κ3) is 2.49. The van der Waals surface area contributed by atoms with Crippen LogP contribution in [-0.4, -0.2) is 18.1 Å². The molecule has 1 aromatic carbocycles. The number of anilines is 1. The molecular weight excluding hydrogens is 268 g/mol. The molecule has 1 aliphatic heterocycles. The summed E-state index contributed by atoms with van der Waals surface area (Å²) in [4.78, 5) is 7.13. The van der Waals surface area contributed by atoms with E-state index < -0.39 is 0 Å². The number of rotatable bonds is 2. The molecule has 2 unspecified atom stereocenters. The van der Waals surface area contributed by atoms with E-state index in [4.69, 9.17) is 11.6 Å². The molecule has 1 fully saturated rings. The first kappa shape index (κ1) is 13.7. The number of piperidine rings is 1. The SMILES string of the molecule is CC1CCN(c2cc(CCl)nc3ccccc23)CC1C. The Labute approximate surface area is 125 Å². The van der Waals surface area contributed by atoms with Gasteiger partial charge in [-0.15, -0.1) is 11.6 Å². The van der Waals surface area contributed by atoms with E-state index in [0.29, 0.717) is 5.88 Å². The predicted octanol–water partition coefficient (Wildman–Crippen LogP) is 4.46. The molecule has 0 bridgehead atoms. The molecule has 3 heteroatoms. The Morgan fingerprint density at radius 1 is 1.25 bits per heavy atom. The summed E-state index contributed by atoms with van der Waals surface area (Å²) < 4.78 is 0. The van der Waals surface area contributed by atoms with Gasteiger partial charge in [0.05, 0.1) is 17.1 Å². The van der Waals surface area contributed by atoms with Crippen LogP contribution in [0.1, 0.15) is 26.0 Å². The highest BCUT2D eigenvalue weighted by atomic mass is 35.5. The number of para-hydroxylation sites is 1. The summed E-state index contributed by atoms with van der Waals surface area (Å²) in [5.41, 5.74) is 3.31. The maximum absolute atomic E-state index is 6.01. The molecule has 2 nitrogen and oxygen atoms in total. The molecule has 2 atom stereocenters. The molecule has 0 radical (unpaired) electrons. The van der Waals surface area contributed by atoms with Crippen molar-refractivity contribution in [3.8, 4) is 0 Å². The number of fused-ring (bicyclic) bond motifs is 1. The van der Waals surface area contributed by atoms with E-state index in [1.54, 1.807) is 0 Å². The summed E-state index contributed by atoms with van der Waals surface area (Å²) in [6.45, 7) is 6.96. The summed E-state index contributed by atoms with van der Waals surface area (Å²) in [6, 6.07) is 10.5. The minimum Gasteiger partial charge on any atom is -0.371 e. The van der Waals surface area contributed by atoms with E-state index in [9.17, 15) is 0 Å². The fourth-order valence-electron chi connectivity index (χ4n) is 3.02. The topological polar surface area (TPSA) is 16.1 Å².